The monoisotopic (exact) mass is 226 g/mol. The third-order valence-electron chi connectivity index (χ3n) is 2.88. The molecule has 15 heavy (non-hydrogen) atoms. The largest absolute Gasteiger partial charge is 0.294 e. The second-order valence-corrected chi connectivity index (χ2v) is 5.57. The number of benzene rings is 1. The summed E-state index contributed by atoms with van der Waals surface area (Å²) in [5, 5.41) is -0.244. The van der Waals surface area contributed by atoms with Crippen LogP contribution in [-0.4, -0.2) is 15.2 Å². The zero-order valence-corrected chi connectivity index (χ0v) is 9.31. The predicted octanol–water partition coefficient (Wildman–Crippen LogP) is 2.15. The van der Waals surface area contributed by atoms with Crippen LogP contribution in [-0.2, 0) is 10.8 Å². The third kappa shape index (κ3) is 1.53. The van der Waals surface area contributed by atoms with Gasteiger partial charge in [-0.05, 0) is 25.1 Å². The average Bonchev–Trinajstić information content (AvgIpc) is 2.23. The van der Waals surface area contributed by atoms with E-state index < -0.39 is 16.6 Å². The van der Waals surface area contributed by atoms with Crippen molar-refractivity contribution in [3.05, 3.63) is 29.6 Å². The van der Waals surface area contributed by atoms with Crippen LogP contribution in [0.5, 0.6) is 0 Å². The second kappa shape index (κ2) is 3.52. The lowest BCUT2D eigenvalue weighted by atomic mass is 9.96. The highest BCUT2D eigenvalue weighted by Gasteiger charge is 2.35. The number of fused-ring (bicyclic) bond motifs is 1. The van der Waals surface area contributed by atoms with E-state index in [1.165, 1.54) is 18.2 Å². The summed E-state index contributed by atoms with van der Waals surface area (Å²) in [6.45, 7) is 3.52. The van der Waals surface area contributed by atoms with Gasteiger partial charge < -0.3 is 0 Å². The number of halogens is 1. The first-order valence-electron chi connectivity index (χ1n) is 4.76. The van der Waals surface area contributed by atoms with E-state index in [0.29, 0.717) is 10.5 Å². The highest BCUT2D eigenvalue weighted by atomic mass is 32.2. The topological polar surface area (TPSA) is 34.1 Å². The van der Waals surface area contributed by atoms with Gasteiger partial charge in [-0.2, -0.15) is 0 Å². The molecule has 0 spiro atoms. The Bertz CT molecular complexity index is 456. The van der Waals surface area contributed by atoms with Crippen LogP contribution in [0.2, 0.25) is 0 Å². The number of hydrogen-bond donors (Lipinski definition) is 0. The Kier molecular flexibility index (Phi) is 2.46. The van der Waals surface area contributed by atoms with Crippen LogP contribution in [0.1, 0.15) is 24.2 Å². The number of carbonyl (C=O) groups is 1. The SMILES string of the molecule is CC1C(=O)c2ccc(F)cc2S(=O)C1C. The fraction of sp³-hybridized carbons (Fsp3) is 0.364. The Balaban J connectivity index is 2.64. The Morgan fingerprint density at radius 2 is 2.00 bits per heavy atom. The van der Waals surface area contributed by atoms with E-state index in [2.05, 4.69) is 0 Å². The van der Waals surface area contributed by atoms with Gasteiger partial charge in [0.15, 0.2) is 5.78 Å². The lowest BCUT2D eigenvalue weighted by molar-refractivity contribution is 0.0922. The summed E-state index contributed by atoms with van der Waals surface area (Å²) in [6, 6.07) is 3.86. The first-order chi connectivity index (χ1) is 7.02. The molecule has 4 heteroatoms. The summed E-state index contributed by atoms with van der Waals surface area (Å²) in [7, 11) is -1.28. The maximum absolute atomic E-state index is 13.0. The van der Waals surface area contributed by atoms with Gasteiger partial charge in [0.2, 0.25) is 0 Å². The molecular weight excluding hydrogens is 215 g/mol. The van der Waals surface area contributed by atoms with Crippen molar-refractivity contribution in [3.63, 3.8) is 0 Å². The summed E-state index contributed by atoms with van der Waals surface area (Å²) in [5.74, 6) is -0.752. The highest BCUT2D eigenvalue weighted by molar-refractivity contribution is 7.86. The Morgan fingerprint density at radius 1 is 1.33 bits per heavy atom. The second-order valence-electron chi connectivity index (χ2n) is 3.80. The molecule has 0 saturated heterocycles. The average molecular weight is 226 g/mol. The minimum absolute atomic E-state index is 0.0444. The van der Waals surface area contributed by atoms with E-state index in [1.807, 2.05) is 0 Å². The van der Waals surface area contributed by atoms with Crippen molar-refractivity contribution in [3.8, 4) is 0 Å². The number of rotatable bonds is 0. The van der Waals surface area contributed by atoms with Gasteiger partial charge in [0.05, 0.1) is 15.7 Å². The Hall–Kier alpha value is -1.03. The number of Topliss-reactive ketones (excluding diaryl/α,β-unsaturated/α-hetero) is 1. The first-order valence-corrected chi connectivity index (χ1v) is 5.98. The molecule has 0 aliphatic carbocycles. The smallest absolute Gasteiger partial charge is 0.168 e. The number of carbonyl (C=O) groups excluding carboxylic acids is 1. The highest BCUT2D eigenvalue weighted by Crippen LogP contribution is 2.30. The summed E-state index contributed by atoms with van der Waals surface area (Å²) in [5.41, 5.74) is 0.403. The van der Waals surface area contributed by atoms with Crippen molar-refractivity contribution in [2.75, 3.05) is 0 Å². The van der Waals surface area contributed by atoms with Crippen LogP contribution >= 0.6 is 0 Å². The molecule has 0 saturated carbocycles. The van der Waals surface area contributed by atoms with Crippen molar-refractivity contribution >= 4 is 16.6 Å². The van der Waals surface area contributed by atoms with Crippen molar-refractivity contribution in [2.24, 2.45) is 5.92 Å². The van der Waals surface area contributed by atoms with Crippen LogP contribution in [0.4, 0.5) is 4.39 Å². The predicted molar refractivity (Wildman–Crippen MR) is 55.8 cm³/mol. The molecule has 0 aromatic heterocycles. The van der Waals surface area contributed by atoms with Gasteiger partial charge in [0.1, 0.15) is 5.82 Å². The maximum Gasteiger partial charge on any atom is 0.168 e. The number of ketones is 1. The molecule has 0 N–H and O–H groups in total. The third-order valence-corrected chi connectivity index (χ3v) is 4.74. The summed E-state index contributed by atoms with van der Waals surface area (Å²) >= 11 is 0. The molecule has 0 fully saturated rings. The molecule has 0 radical (unpaired) electrons. The van der Waals surface area contributed by atoms with E-state index in [4.69, 9.17) is 0 Å². The molecule has 3 unspecified atom stereocenters. The molecule has 2 rings (SSSR count). The van der Waals surface area contributed by atoms with Gasteiger partial charge in [-0.3, -0.25) is 9.00 Å². The maximum atomic E-state index is 13.0. The zero-order valence-electron chi connectivity index (χ0n) is 8.49. The molecule has 1 aromatic rings. The van der Waals surface area contributed by atoms with Crippen LogP contribution in [0.25, 0.3) is 0 Å². The Morgan fingerprint density at radius 3 is 2.67 bits per heavy atom. The normalized spacial score (nSPS) is 30.1. The molecule has 0 amide bonds. The van der Waals surface area contributed by atoms with Crippen molar-refractivity contribution < 1.29 is 13.4 Å². The minimum Gasteiger partial charge on any atom is -0.294 e. The van der Waals surface area contributed by atoms with Gasteiger partial charge in [-0.15, -0.1) is 0 Å². The zero-order chi connectivity index (χ0) is 11.2. The van der Waals surface area contributed by atoms with E-state index in [-0.39, 0.29) is 17.0 Å². The van der Waals surface area contributed by atoms with E-state index in [9.17, 15) is 13.4 Å². The molecule has 1 aromatic carbocycles. The fourth-order valence-corrected chi connectivity index (χ4v) is 3.22. The molecule has 1 aliphatic heterocycles. The minimum atomic E-state index is -1.28. The van der Waals surface area contributed by atoms with Crippen LogP contribution in [0.15, 0.2) is 23.1 Å². The van der Waals surface area contributed by atoms with Gasteiger partial charge in [-0.1, -0.05) is 6.92 Å². The van der Waals surface area contributed by atoms with Crippen LogP contribution in [0.3, 0.4) is 0 Å². The van der Waals surface area contributed by atoms with Gasteiger partial charge >= 0.3 is 0 Å². The lowest BCUT2D eigenvalue weighted by Gasteiger charge is -2.25. The summed E-state index contributed by atoms with van der Waals surface area (Å²) in [4.78, 5) is 12.2. The fourth-order valence-electron chi connectivity index (χ4n) is 1.71. The molecule has 2 nitrogen and oxygen atoms in total. The van der Waals surface area contributed by atoms with Gasteiger partial charge in [0.25, 0.3) is 0 Å². The van der Waals surface area contributed by atoms with E-state index in [0.717, 1.165) is 0 Å². The van der Waals surface area contributed by atoms with E-state index in [1.54, 1.807) is 13.8 Å². The summed E-state index contributed by atoms with van der Waals surface area (Å²) in [6.07, 6.45) is 0. The van der Waals surface area contributed by atoms with Gasteiger partial charge in [-0.25, -0.2) is 4.39 Å². The Labute approximate surface area is 90.0 Å². The first kappa shape index (κ1) is 10.5. The van der Waals surface area contributed by atoms with Crippen LogP contribution < -0.4 is 0 Å². The molecular formula is C11H11FO2S. The van der Waals surface area contributed by atoms with Gasteiger partial charge in [0, 0.05) is 16.7 Å². The molecule has 0 bridgehead atoms. The van der Waals surface area contributed by atoms with Crippen LogP contribution in [0, 0.1) is 11.7 Å². The van der Waals surface area contributed by atoms with Crippen molar-refractivity contribution in [2.45, 2.75) is 24.0 Å². The van der Waals surface area contributed by atoms with Crippen molar-refractivity contribution in [1.82, 2.24) is 0 Å². The number of hydrogen-bond acceptors (Lipinski definition) is 2. The molecule has 1 heterocycles. The van der Waals surface area contributed by atoms with E-state index >= 15 is 0 Å². The molecule has 80 valence electrons. The quantitative estimate of drug-likeness (QED) is 0.679. The van der Waals surface area contributed by atoms with Crippen molar-refractivity contribution in [1.29, 1.82) is 0 Å². The molecule has 3 atom stereocenters. The summed E-state index contributed by atoms with van der Waals surface area (Å²) < 4.78 is 24.9. The standard InChI is InChI=1S/C11H11FO2S/c1-6-7(2)15(14)10-5-8(12)3-4-9(10)11(6)13/h3-7H,1-2H3. The lowest BCUT2D eigenvalue weighted by Crippen LogP contribution is -2.33. The molecule has 1 aliphatic rings.